The molecule has 0 aliphatic heterocycles. The molecule has 0 bridgehead atoms. The van der Waals surface area contributed by atoms with E-state index in [0.717, 1.165) is 0 Å². The molecule has 0 rings (SSSR count). The van der Waals surface area contributed by atoms with Gasteiger partial charge in [0.05, 0.1) is 6.26 Å². The molecule has 0 aliphatic carbocycles. The quantitative estimate of drug-likeness (QED) is 0.446. The van der Waals surface area contributed by atoms with Crippen LogP contribution in [0.4, 0.5) is 4.79 Å². The van der Waals surface area contributed by atoms with Gasteiger partial charge in [-0.3, -0.25) is 0 Å². The molecule has 20 heavy (non-hydrogen) atoms. The lowest BCUT2D eigenvalue weighted by molar-refractivity contribution is -0.142. The summed E-state index contributed by atoms with van der Waals surface area (Å²) in [6.45, 7) is 4.76. The zero-order valence-corrected chi connectivity index (χ0v) is 12.4. The van der Waals surface area contributed by atoms with Crippen LogP contribution >= 0.6 is 0 Å². The van der Waals surface area contributed by atoms with Crippen molar-refractivity contribution in [3.8, 4) is 0 Å². The van der Waals surface area contributed by atoms with Gasteiger partial charge in [-0.15, -0.1) is 0 Å². The largest absolute Gasteiger partial charge is 0.480 e. The first-order valence-electron chi connectivity index (χ1n) is 5.59. The van der Waals surface area contributed by atoms with E-state index >= 15 is 0 Å². The highest BCUT2D eigenvalue weighted by Crippen LogP contribution is 2.09. The summed E-state index contributed by atoms with van der Waals surface area (Å²) < 4.78 is 30.5. The first-order valence-corrected chi connectivity index (χ1v) is 7.40. The topological polar surface area (TPSA) is 139 Å². The highest BCUT2D eigenvalue weighted by molar-refractivity contribution is 7.86. The molecular formula is C10H19NO8S. The number of carbonyl (C=O) groups excluding carboxylic acids is 1. The fraction of sp³-hybridized carbons (Fsp3) is 0.800. The van der Waals surface area contributed by atoms with E-state index in [1.54, 1.807) is 20.8 Å². The molecule has 0 aliphatic rings. The molecule has 0 spiro atoms. The van der Waals surface area contributed by atoms with Crippen LogP contribution < -0.4 is 5.32 Å². The molecule has 0 saturated carbocycles. The molecule has 0 fully saturated rings. The second-order valence-corrected chi connectivity index (χ2v) is 6.63. The fourth-order valence-electron chi connectivity index (χ4n) is 1.11. The summed E-state index contributed by atoms with van der Waals surface area (Å²) in [6, 6.07) is -1.55. The number of aliphatic hydroxyl groups is 1. The Morgan fingerprint density at radius 3 is 2.15 bits per heavy atom. The molecule has 2 atom stereocenters. The lowest BCUT2D eigenvalue weighted by Gasteiger charge is -2.22. The summed E-state index contributed by atoms with van der Waals surface area (Å²) in [5, 5.41) is 20.2. The summed E-state index contributed by atoms with van der Waals surface area (Å²) in [5.41, 5.74) is -0.824. The minimum absolute atomic E-state index is 0.651. The van der Waals surface area contributed by atoms with Crippen LogP contribution in [0.15, 0.2) is 0 Å². The van der Waals surface area contributed by atoms with Crippen LogP contribution in [0.1, 0.15) is 27.2 Å². The highest BCUT2D eigenvalue weighted by Gasteiger charge is 2.27. The molecule has 10 heteroatoms. The van der Waals surface area contributed by atoms with Crippen molar-refractivity contribution in [2.45, 2.75) is 45.1 Å². The number of ether oxygens (including phenoxy) is 1. The Hall–Kier alpha value is -1.39. The third-order valence-electron chi connectivity index (χ3n) is 1.71. The predicted molar refractivity (Wildman–Crippen MR) is 67.3 cm³/mol. The van der Waals surface area contributed by atoms with Gasteiger partial charge in [-0.25, -0.2) is 13.8 Å². The van der Waals surface area contributed by atoms with E-state index < -0.39 is 46.5 Å². The van der Waals surface area contributed by atoms with Crippen molar-refractivity contribution in [1.29, 1.82) is 0 Å². The SMILES string of the molecule is CC(C)(C)OC(=O)N[C@@H](CC(O)OS(C)(=O)=O)C(=O)O. The number of alkyl carbamates (subject to hydrolysis) is 1. The van der Waals surface area contributed by atoms with Gasteiger partial charge in [0.1, 0.15) is 11.6 Å². The van der Waals surface area contributed by atoms with Crippen molar-refractivity contribution in [1.82, 2.24) is 5.32 Å². The summed E-state index contributed by atoms with van der Waals surface area (Å²) in [7, 11) is -3.94. The Labute approximate surface area is 117 Å². The molecule has 9 nitrogen and oxygen atoms in total. The van der Waals surface area contributed by atoms with E-state index in [4.69, 9.17) is 9.84 Å². The van der Waals surface area contributed by atoms with Crippen molar-refractivity contribution >= 4 is 22.2 Å². The van der Waals surface area contributed by atoms with Crippen LogP contribution in [0.5, 0.6) is 0 Å². The molecule has 0 heterocycles. The number of amides is 1. The lowest BCUT2D eigenvalue weighted by Crippen LogP contribution is -2.45. The molecule has 0 radical (unpaired) electrons. The standard InChI is InChI=1S/C10H19NO8S/c1-10(2,3)18-9(15)11-6(8(13)14)5-7(12)19-20(4,16)17/h6-7,12H,5H2,1-4H3,(H,11,15)(H,13,14)/t6-,7?/m0/s1. The summed E-state index contributed by atoms with van der Waals surface area (Å²) in [6.07, 6.45) is -2.84. The zero-order chi connectivity index (χ0) is 16.1. The second-order valence-electron chi connectivity index (χ2n) is 5.03. The van der Waals surface area contributed by atoms with Crippen LogP contribution in [0, 0.1) is 0 Å². The number of hydrogen-bond donors (Lipinski definition) is 3. The molecule has 1 amide bonds. The van der Waals surface area contributed by atoms with E-state index in [1.807, 2.05) is 5.32 Å². The van der Waals surface area contributed by atoms with Gasteiger partial charge in [-0.05, 0) is 20.8 Å². The first-order chi connectivity index (χ1) is 8.80. The van der Waals surface area contributed by atoms with Gasteiger partial charge >= 0.3 is 12.1 Å². The van der Waals surface area contributed by atoms with Gasteiger partial charge in [0.25, 0.3) is 10.1 Å². The maximum absolute atomic E-state index is 11.4. The molecule has 1 unspecified atom stereocenters. The van der Waals surface area contributed by atoms with Crippen LogP contribution in [0.3, 0.4) is 0 Å². The van der Waals surface area contributed by atoms with Gasteiger partial charge in [0.15, 0.2) is 6.29 Å². The van der Waals surface area contributed by atoms with Crippen LogP contribution in [0.2, 0.25) is 0 Å². The lowest BCUT2D eigenvalue weighted by atomic mass is 10.2. The van der Waals surface area contributed by atoms with Gasteiger partial charge in [0, 0.05) is 6.42 Å². The van der Waals surface area contributed by atoms with Crippen LogP contribution in [0.25, 0.3) is 0 Å². The molecule has 0 saturated heterocycles. The van der Waals surface area contributed by atoms with E-state index in [-0.39, 0.29) is 0 Å². The number of nitrogens with one attached hydrogen (secondary N) is 1. The van der Waals surface area contributed by atoms with E-state index in [2.05, 4.69) is 4.18 Å². The molecule has 118 valence electrons. The Kier molecular flexibility index (Phi) is 6.38. The fourth-order valence-corrected chi connectivity index (χ4v) is 1.60. The molecule has 0 aromatic rings. The average Bonchev–Trinajstić information content (AvgIpc) is 2.09. The number of hydrogen-bond acceptors (Lipinski definition) is 7. The monoisotopic (exact) mass is 313 g/mol. The zero-order valence-electron chi connectivity index (χ0n) is 11.6. The molecular weight excluding hydrogens is 294 g/mol. The predicted octanol–water partition coefficient (Wildman–Crippen LogP) is -0.351. The molecule has 3 N–H and O–H groups in total. The Morgan fingerprint density at radius 1 is 1.30 bits per heavy atom. The smallest absolute Gasteiger partial charge is 0.408 e. The summed E-state index contributed by atoms with van der Waals surface area (Å²) in [5.74, 6) is -1.47. The van der Waals surface area contributed by atoms with Crippen molar-refractivity contribution < 1.29 is 37.1 Å². The maximum Gasteiger partial charge on any atom is 0.408 e. The Bertz CT molecular complexity index is 452. The third-order valence-corrected chi connectivity index (χ3v) is 2.28. The van der Waals surface area contributed by atoms with Gasteiger partial charge < -0.3 is 20.3 Å². The average molecular weight is 313 g/mol. The van der Waals surface area contributed by atoms with Gasteiger partial charge in [-0.1, -0.05) is 0 Å². The number of carbonyl (C=O) groups is 2. The highest BCUT2D eigenvalue weighted by atomic mass is 32.2. The summed E-state index contributed by atoms with van der Waals surface area (Å²) in [4.78, 5) is 22.3. The Balaban J connectivity index is 4.60. The normalized spacial score (nSPS) is 15.2. The number of aliphatic carboxylic acids is 1. The van der Waals surface area contributed by atoms with Crippen molar-refractivity contribution in [3.05, 3.63) is 0 Å². The maximum atomic E-state index is 11.4. The minimum atomic E-state index is -3.94. The summed E-state index contributed by atoms with van der Waals surface area (Å²) >= 11 is 0. The van der Waals surface area contributed by atoms with Crippen molar-refractivity contribution in [3.63, 3.8) is 0 Å². The number of rotatable bonds is 6. The van der Waals surface area contributed by atoms with E-state index in [1.165, 1.54) is 0 Å². The molecule has 0 aromatic heterocycles. The second kappa shape index (κ2) is 6.86. The number of carboxylic acid groups (broad SMARTS) is 1. The number of carboxylic acids is 1. The van der Waals surface area contributed by atoms with Crippen LogP contribution in [-0.4, -0.2) is 54.9 Å². The Morgan fingerprint density at radius 2 is 1.80 bits per heavy atom. The van der Waals surface area contributed by atoms with E-state index in [0.29, 0.717) is 6.26 Å². The van der Waals surface area contributed by atoms with Crippen LogP contribution in [-0.2, 0) is 23.8 Å². The van der Waals surface area contributed by atoms with E-state index in [9.17, 15) is 23.1 Å². The first kappa shape index (κ1) is 18.6. The van der Waals surface area contributed by atoms with Gasteiger partial charge in [-0.2, -0.15) is 8.42 Å². The third kappa shape index (κ3) is 9.53. The van der Waals surface area contributed by atoms with Crippen molar-refractivity contribution in [2.24, 2.45) is 0 Å². The molecule has 0 aromatic carbocycles. The number of aliphatic hydroxyl groups excluding tert-OH is 1. The van der Waals surface area contributed by atoms with Crippen molar-refractivity contribution in [2.75, 3.05) is 6.26 Å². The van der Waals surface area contributed by atoms with Gasteiger partial charge in [0.2, 0.25) is 0 Å². The minimum Gasteiger partial charge on any atom is -0.480 e.